The number of allylic oxidation sites excluding steroid dienone is 2. The van der Waals surface area contributed by atoms with Crippen LogP contribution < -0.4 is 19.3 Å². The molecule has 8 nitrogen and oxygen atoms in total. The van der Waals surface area contributed by atoms with Gasteiger partial charge in [0.2, 0.25) is 0 Å². The summed E-state index contributed by atoms with van der Waals surface area (Å²) in [5, 5.41) is 19.8. The van der Waals surface area contributed by atoms with Crippen molar-refractivity contribution in [3.63, 3.8) is 0 Å². The van der Waals surface area contributed by atoms with Crippen LogP contribution in [0.2, 0.25) is 0 Å². The summed E-state index contributed by atoms with van der Waals surface area (Å²) in [5.74, 6) is 0.143. The lowest BCUT2D eigenvalue weighted by molar-refractivity contribution is -0.851. The molecular formula is C24H19F3N6O2+2. The molecule has 11 heteroatoms. The molecule has 0 aromatic heterocycles. The SMILES string of the molecule is CN(C)c1ccc2c(c1)OC13Oc4cc(N(C)C)ccc4C(C(F)(F)F)=[N+]1C(C#N)=C(C#N)[N+]3=C2. The highest BCUT2D eigenvalue weighted by Gasteiger charge is 2.78. The van der Waals surface area contributed by atoms with Gasteiger partial charge < -0.3 is 19.3 Å². The van der Waals surface area contributed by atoms with Gasteiger partial charge in [-0.15, -0.1) is 0 Å². The number of halogens is 3. The van der Waals surface area contributed by atoms with Crippen LogP contribution in [0.5, 0.6) is 11.5 Å². The summed E-state index contributed by atoms with van der Waals surface area (Å²) in [4.78, 5) is 3.53. The van der Waals surface area contributed by atoms with Crippen LogP contribution in [0.25, 0.3) is 0 Å². The highest BCUT2D eigenvalue weighted by Crippen LogP contribution is 2.46. The predicted molar refractivity (Wildman–Crippen MR) is 120 cm³/mol. The minimum absolute atomic E-state index is 0.0955. The summed E-state index contributed by atoms with van der Waals surface area (Å²) in [6, 6.07) is 10.8. The third-order valence-electron chi connectivity index (χ3n) is 5.98. The average molecular weight is 480 g/mol. The lowest BCUT2D eigenvalue weighted by Crippen LogP contribution is -2.62. The Kier molecular flexibility index (Phi) is 4.61. The fourth-order valence-electron chi connectivity index (χ4n) is 4.32. The van der Waals surface area contributed by atoms with E-state index in [1.165, 1.54) is 24.4 Å². The summed E-state index contributed by atoms with van der Waals surface area (Å²) >= 11 is 0. The Balaban J connectivity index is 1.88. The van der Waals surface area contributed by atoms with E-state index < -0.39 is 23.6 Å². The molecule has 0 saturated carbocycles. The van der Waals surface area contributed by atoms with Crippen molar-refractivity contribution in [3.05, 3.63) is 58.9 Å². The van der Waals surface area contributed by atoms with E-state index in [9.17, 15) is 23.7 Å². The largest absolute Gasteiger partial charge is 0.717 e. The summed E-state index contributed by atoms with van der Waals surface area (Å²) < 4.78 is 58.0. The number of fused-ring (bicyclic) bond motifs is 2. The second-order valence-electron chi connectivity index (χ2n) is 8.55. The number of benzene rings is 2. The van der Waals surface area contributed by atoms with Gasteiger partial charge in [0, 0.05) is 51.7 Å². The van der Waals surface area contributed by atoms with E-state index in [-0.39, 0.29) is 22.8 Å². The summed E-state index contributed by atoms with van der Waals surface area (Å²) in [6.07, 6.45) is -3.44. The van der Waals surface area contributed by atoms with Gasteiger partial charge in [-0.3, -0.25) is 0 Å². The second-order valence-corrected chi connectivity index (χ2v) is 8.55. The molecule has 0 amide bonds. The maximum Gasteiger partial charge on any atom is 0.717 e. The van der Waals surface area contributed by atoms with Crippen molar-refractivity contribution in [2.45, 2.75) is 12.2 Å². The second kappa shape index (κ2) is 7.24. The quantitative estimate of drug-likeness (QED) is 0.615. The van der Waals surface area contributed by atoms with Crippen molar-refractivity contribution in [1.29, 1.82) is 10.5 Å². The molecule has 2 aromatic rings. The molecular weight excluding hydrogens is 461 g/mol. The molecule has 1 atom stereocenters. The number of alkyl halides is 3. The third kappa shape index (κ3) is 3.05. The van der Waals surface area contributed by atoms with Gasteiger partial charge in [-0.2, -0.15) is 23.7 Å². The summed E-state index contributed by atoms with van der Waals surface area (Å²) in [6.45, 7) is 0. The number of nitriles is 2. The predicted octanol–water partition coefficient (Wildman–Crippen LogP) is 2.98. The highest BCUT2D eigenvalue weighted by molar-refractivity contribution is 6.04. The molecule has 3 aliphatic heterocycles. The molecule has 1 unspecified atom stereocenters. The van der Waals surface area contributed by atoms with Crippen LogP contribution in [0.3, 0.4) is 0 Å². The molecule has 0 N–H and O–H groups in total. The minimum Gasteiger partial charge on any atom is -0.378 e. The normalized spacial score (nSPS) is 19.7. The first kappa shape index (κ1) is 22.3. The Morgan fingerprint density at radius 3 is 2.00 bits per heavy atom. The number of hydrogen-bond donors (Lipinski definition) is 0. The molecule has 0 aliphatic carbocycles. The van der Waals surface area contributed by atoms with Crippen molar-refractivity contribution in [1.82, 2.24) is 0 Å². The molecule has 1 spiro atoms. The topological polar surface area (TPSA) is 78.5 Å². The number of hydrogen-bond acceptors (Lipinski definition) is 6. The Morgan fingerprint density at radius 2 is 1.43 bits per heavy atom. The Bertz CT molecular complexity index is 1470. The van der Waals surface area contributed by atoms with Gasteiger partial charge in [0.1, 0.15) is 0 Å². The van der Waals surface area contributed by atoms with Crippen molar-refractivity contribution in [2.75, 3.05) is 38.0 Å². The lowest BCUT2D eigenvalue weighted by Gasteiger charge is -2.29. The first-order valence-corrected chi connectivity index (χ1v) is 10.5. The maximum absolute atomic E-state index is 14.6. The summed E-state index contributed by atoms with van der Waals surface area (Å²) in [7, 11) is 7.13. The molecule has 0 saturated heterocycles. The van der Waals surface area contributed by atoms with Gasteiger partial charge in [0.15, 0.2) is 29.9 Å². The third-order valence-corrected chi connectivity index (χ3v) is 5.98. The smallest absolute Gasteiger partial charge is 0.378 e. The number of nitrogens with zero attached hydrogens (tertiary/aromatic N) is 6. The van der Waals surface area contributed by atoms with Gasteiger partial charge in [0.25, 0.3) is 0 Å². The molecule has 0 fully saturated rings. The zero-order chi connectivity index (χ0) is 25.3. The first-order valence-electron chi connectivity index (χ1n) is 10.5. The van der Waals surface area contributed by atoms with Crippen molar-refractivity contribution in [3.8, 4) is 23.6 Å². The van der Waals surface area contributed by atoms with E-state index in [2.05, 4.69) is 0 Å². The zero-order valence-corrected chi connectivity index (χ0v) is 19.2. The van der Waals surface area contributed by atoms with E-state index in [0.29, 0.717) is 15.8 Å². The minimum atomic E-state index is -4.90. The van der Waals surface area contributed by atoms with Gasteiger partial charge >= 0.3 is 29.3 Å². The van der Waals surface area contributed by atoms with Crippen molar-refractivity contribution in [2.24, 2.45) is 0 Å². The number of ether oxygens (including phenoxy) is 2. The van der Waals surface area contributed by atoms with E-state index in [4.69, 9.17) is 9.47 Å². The molecule has 0 bridgehead atoms. The van der Waals surface area contributed by atoms with Crippen LogP contribution in [-0.4, -0.2) is 61.5 Å². The van der Waals surface area contributed by atoms with Gasteiger partial charge in [-0.05, 0) is 33.4 Å². The molecule has 5 rings (SSSR count). The molecule has 0 radical (unpaired) electrons. The van der Waals surface area contributed by atoms with Gasteiger partial charge in [0.05, 0.1) is 11.1 Å². The van der Waals surface area contributed by atoms with Crippen molar-refractivity contribution < 1.29 is 31.8 Å². The zero-order valence-electron chi connectivity index (χ0n) is 19.2. The lowest BCUT2D eigenvalue weighted by atomic mass is 10.0. The highest BCUT2D eigenvalue weighted by atomic mass is 19.4. The first-order chi connectivity index (χ1) is 16.5. The van der Waals surface area contributed by atoms with Crippen LogP contribution in [0, 0.1) is 22.7 Å². The number of anilines is 2. The molecule has 176 valence electrons. The van der Waals surface area contributed by atoms with Crippen molar-refractivity contribution >= 4 is 23.3 Å². The standard InChI is InChI=1S/C24H19F3N6O2/c1-30(2)15-6-5-14-13-32-18(11-28)19(12-29)33-22(23(25,26)27)17-8-7-16(31(3)4)10-21(17)35-24(32,33)34-20(14)9-15/h5-10,13H,1-4H3/q+2. The number of rotatable bonds is 2. The summed E-state index contributed by atoms with van der Waals surface area (Å²) in [5.41, 5.74) is -0.418. The monoisotopic (exact) mass is 480 g/mol. The Morgan fingerprint density at radius 1 is 0.857 bits per heavy atom. The van der Waals surface area contributed by atoms with Crippen LogP contribution in [0.15, 0.2) is 47.8 Å². The van der Waals surface area contributed by atoms with Crippen LogP contribution in [-0.2, 0) is 0 Å². The van der Waals surface area contributed by atoms with E-state index in [1.807, 2.05) is 25.1 Å². The Labute approximate surface area is 198 Å². The molecule has 3 heterocycles. The Hall–Kier alpha value is -4.51. The fourth-order valence-corrected chi connectivity index (χ4v) is 4.32. The van der Waals surface area contributed by atoms with E-state index >= 15 is 0 Å². The van der Waals surface area contributed by atoms with E-state index in [1.54, 1.807) is 43.3 Å². The van der Waals surface area contributed by atoms with Gasteiger partial charge in [-0.1, -0.05) is 0 Å². The maximum atomic E-state index is 14.6. The average Bonchev–Trinajstić information content (AvgIpc) is 3.06. The van der Waals surface area contributed by atoms with Crippen LogP contribution in [0.4, 0.5) is 24.5 Å². The van der Waals surface area contributed by atoms with E-state index in [0.717, 1.165) is 10.3 Å². The molecule has 35 heavy (non-hydrogen) atoms. The fraction of sp³-hybridized carbons (Fsp3) is 0.250. The molecule has 2 aromatic carbocycles. The van der Waals surface area contributed by atoms with Crippen LogP contribution in [0.1, 0.15) is 11.1 Å². The van der Waals surface area contributed by atoms with Crippen LogP contribution >= 0.6 is 0 Å². The van der Waals surface area contributed by atoms with Gasteiger partial charge in [-0.25, -0.2) is 0 Å². The molecule has 3 aliphatic rings.